The van der Waals surface area contributed by atoms with E-state index in [1.165, 1.54) is 43.8 Å². The van der Waals surface area contributed by atoms with Gasteiger partial charge in [-0.2, -0.15) is 9.38 Å². The highest BCUT2D eigenvalue weighted by Crippen LogP contribution is 2.22. The summed E-state index contributed by atoms with van der Waals surface area (Å²) in [4.78, 5) is 5.96. The summed E-state index contributed by atoms with van der Waals surface area (Å²) in [5.74, 6) is 0. The average Bonchev–Trinajstić information content (AvgIpc) is 3.09. The summed E-state index contributed by atoms with van der Waals surface area (Å²) in [6.45, 7) is 19.4. The number of ether oxygens (including phenoxy) is 1. The molecule has 0 unspecified atom stereocenters. The largest absolute Gasteiger partial charge is 0.377 e. The van der Waals surface area contributed by atoms with Crippen molar-refractivity contribution in [3.8, 4) is 0 Å². The Morgan fingerprint density at radius 1 is 1.03 bits per heavy atom. The van der Waals surface area contributed by atoms with Crippen LogP contribution in [0.3, 0.4) is 0 Å². The van der Waals surface area contributed by atoms with Gasteiger partial charge in [0.05, 0.1) is 18.6 Å². The summed E-state index contributed by atoms with van der Waals surface area (Å²) in [5, 5.41) is 3.23. The van der Waals surface area contributed by atoms with Crippen LogP contribution in [-0.2, 0) is 22.7 Å². The first kappa shape index (κ1) is 29.5. The topological polar surface area (TPSA) is 56.6 Å². The number of hydrogen-bond acceptors (Lipinski definition) is 6. The molecule has 2 aromatic rings. The van der Waals surface area contributed by atoms with Crippen LogP contribution in [0.15, 0.2) is 29.2 Å². The first-order chi connectivity index (χ1) is 16.0. The Hall–Kier alpha value is -1.58. The number of nitrogens with zero attached hydrogens (tertiary/aromatic N) is 3. The second kappa shape index (κ2) is 16.9. The number of nitrogens with one attached hydrogen (secondary N) is 2. The van der Waals surface area contributed by atoms with Crippen LogP contribution in [-0.4, -0.2) is 61.3 Å². The molecule has 33 heavy (non-hydrogen) atoms. The Labute approximate surface area is 206 Å². The fourth-order valence-corrected chi connectivity index (χ4v) is 3.85. The number of H-pyrrole nitrogens is 1. The molecule has 2 N–H and O–H groups in total. The molecular weight excluding hydrogens is 434 g/mol. The Bertz CT molecular complexity index is 759. The summed E-state index contributed by atoms with van der Waals surface area (Å²) in [6.07, 6.45) is 1.09. The van der Waals surface area contributed by atoms with E-state index in [2.05, 4.69) is 51.7 Å². The fraction of sp³-hybridized carbons (Fsp3) is 0.640. The summed E-state index contributed by atoms with van der Waals surface area (Å²) in [5.41, 5.74) is 7.33. The lowest BCUT2D eigenvalue weighted by molar-refractivity contribution is -0.732. The van der Waals surface area contributed by atoms with Crippen LogP contribution in [0.2, 0.25) is 0 Å². The molecule has 0 bridgehead atoms. The van der Waals surface area contributed by atoms with Crippen molar-refractivity contribution >= 4 is 17.7 Å². The quantitative estimate of drug-likeness (QED) is 0.222. The van der Waals surface area contributed by atoms with E-state index in [0.29, 0.717) is 6.61 Å². The zero-order valence-corrected chi connectivity index (χ0v) is 22.8. The van der Waals surface area contributed by atoms with E-state index < -0.39 is 0 Å². The third-order valence-electron chi connectivity index (χ3n) is 5.41. The van der Waals surface area contributed by atoms with Gasteiger partial charge in [0.15, 0.2) is 12.7 Å². The standard InChI is InChI=1S/C21H33N5O2S.2C2H6/c1-17-21(18(2)25(4)22-17)23-28-29-20-8-6-19(7-9-20)16-27-15-5-10-26-13-11-24(3)12-14-26;2*1-2/h6-9,23H,5,10-16H2,1-4H3;2*1-2H3/p+1. The van der Waals surface area contributed by atoms with Gasteiger partial charge < -0.3 is 14.5 Å². The fourth-order valence-electron chi connectivity index (χ4n) is 3.38. The molecule has 188 valence electrons. The maximum Gasteiger partial charge on any atom is 0.229 e. The van der Waals surface area contributed by atoms with E-state index in [0.717, 1.165) is 41.5 Å². The number of benzene rings is 1. The third-order valence-corrected chi connectivity index (χ3v) is 6.04. The Balaban J connectivity index is 0.00000129. The molecule has 0 spiro atoms. The molecule has 8 heteroatoms. The van der Waals surface area contributed by atoms with Crippen molar-refractivity contribution in [1.82, 2.24) is 14.9 Å². The molecular formula is C25H46N5O2S+. The van der Waals surface area contributed by atoms with Gasteiger partial charge in [0.2, 0.25) is 5.69 Å². The average molecular weight is 481 g/mol. The molecule has 7 nitrogen and oxygen atoms in total. The van der Waals surface area contributed by atoms with Crippen molar-refractivity contribution in [2.45, 2.75) is 59.5 Å². The van der Waals surface area contributed by atoms with Crippen molar-refractivity contribution in [3.05, 3.63) is 41.2 Å². The van der Waals surface area contributed by atoms with Crippen molar-refractivity contribution in [1.29, 1.82) is 0 Å². The highest BCUT2D eigenvalue weighted by Gasteiger charge is 2.16. The van der Waals surface area contributed by atoms with Crippen LogP contribution < -0.4 is 10.2 Å². The Morgan fingerprint density at radius 2 is 1.67 bits per heavy atom. The van der Waals surface area contributed by atoms with Crippen molar-refractivity contribution in [3.63, 3.8) is 0 Å². The smallest absolute Gasteiger partial charge is 0.229 e. The van der Waals surface area contributed by atoms with Gasteiger partial charge in [-0.3, -0.25) is 0 Å². The number of piperazine rings is 1. The van der Waals surface area contributed by atoms with Gasteiger partial charge in [-0.15, -0.1) is 4.68 Å². The SMILES string of the molecule is CC.CC.Cc1[nH][n+](C)c(C)c1NOSc1ccc(COCCCN2CCN(C)CC2)cc1. The van der Waals surface area contributed by atoms with Crippen molar-refractivity contribution < 1.29 is 13.7 Å². The number of hydrogen-bond donors (Lipinski definition) is 2. The third kappa shape index (κ3) is 10.5. The summed E-state index contributed by atoms with van der Waals surface area (Å²) >= 11 is 1.31. The minimum absolute atomic E-state index is 0.658. The van der Waals surface area contributed by atoms with Crippen LogP contribution in [0.4, 0.5) is 5.69 Å². The molecule has 1 aromatic carbocycles. The second-order valence-electron chi connectivity index (χ2n) is 7.72. The maximum atomic E-state index is 5.85. The van der Waals surface area contributed by atoms with Crippen LogP contribution in [0, 0.1) is 13.8 Å². The van der Waals surface area contributed by atoms with Gasteiger partial charge in [0.25, 0.3) is 0 Å². The van der Waals surface area contributed by atoms with Crippen LogP contribution in [0.1, 0.15) is 51.1 Å². The predicted molar refractivity (Wildman–Crippen MR) is 139 cm³/mol. The molecule has 0 radical (unpaired) electrons. The number of anilines is 1. The van der Waals surface area contributed by atoms with Crippen LogP contribution in [0.25, 0.3) is 0 Å². The van der Waals surface area contributed by atoms with Gasteiger partial charge in [0, 0.05) is 51.1 Å². The lowest BCUT2D eigenvalue weighted by atomic mass is 10.2. The van der Waals surface area contributed by atoms with E-state index in [9.17, 15) is 0 Å². The van der Waals surface area contributed by atoms with E-state index in [1.807, 2.05) is 53.3 Å². The number of rotatable bonds is 10. The number of likely N-dealkylation sites (N-methyl/N-ethyl adjacent to an activating group) is 1. The molecule has 1 saturated heterocycles. The Morgan fingerprint density at radius 3 is 2.24 bits per heavy atom. The van der Waals surface area contributed by atoms with Gasteiger partial charge in [-0.25, -0.2) is 5.48 Å². The summed E-state index contributed by atoms with van der Waals surface area (Å²) in [6, 6.07) is 8.32. The van der Waals surface area contributed by atoms with Crippen molar-refractivity contribution in [2.24, 2.45) is 7.05 Å². The maximum absolute atomic E-state index is 5.85. The summed E-state index contributed by atoms with van der Waals surface area (Å²) < 4.78 is 13.4. The molecule has 2 heterocycles. The molecule has 1 aliphatic rings. The minimum atomic E-state index is 0.658. The van der Waals surface area contributed by atoms with Gasteiger partial charge in [-0.1, -0.05) is 39.8 Å². The highest BCUT2D eigenvalue weighted by molar-refractivity contribution is 7.94. The number of aromatic nitrogens is 2. The Kier molecular flexibility index (Phi) is 15.1. The first-order valence-electron chi connectivity index (χ1n) is 12.2. The van der Waals surface area contributed by atoms with E-state index in [4.69, 9.17) is 9.02 Å². The molecule has 1 aliphatic heterocycles. The second-order valence-corrected chi connectivity index (χ2v) is 8.52. The first-order valence-corrected chi connectivity index (χ1v) is 13.0. The zero-order chi connectivity index (χ0) is 24.6. The van der Waals surface area contributed by atoms with Crippen LogP contribution in [0.5, 0.6) is 0 Å². The van der Waals surface area contributed by atoms with E-state index in [-0.39, 0.29) is 0 Å². The molecule has 3 rings (SSSR count). The lowest BCUT2D eigenvalue weighted by Gasteiger charge is -2.32. The minimum Gasteiger partial charge on any atom is -0.377 e. The molecule has 0 saturated carbocycles. The predicted octanol–water partition coefficient (Wildman–Crippen LogP) is 4.71. The molecule has 0 atom stereocenters. The molecule has 0 amide bonds. The van der Waals surface area contributed by atoms with Gasteiger partial charge in [0.1, 0.15) is 5.69 Å². The summed E-state index contributed by atoms with van der Waals surface area (Å²) in [7, 11) is 4.17. The monoisotopic (exact) mass is 480 g/mol. The zero-order valence-electron chi connectivity index (χ0n) is 22.0. The van der Waals surface area contributed by atoms with Gasteiger partial charge >= 0.3 is 0 Å². The molecule has 1 fully saturated rings. The van der Waals surface area contributed by atoms with E-state index >= 15 is 0 Å². The molecule has 1 aromatic heterocycles. The number of aromatic amines is 1. The normalized spacial score (nSPS) is 14.2. The highest BCUT2D eigenvalue weighted by atomic mass is 32.2. The molecule has 0 aliphatic carbocycles. The lowest BCUT2D eigenvalue weighted by Crippen LogP contribution is -2.44. The van der Waals surface area contributed by atoms with Crippen molar-refractivity contribution in [2.75, 3.05) is 51.9 Å². The van der Waals surface area contributed by atoms with Crippen LogP contribution >= 0.6 is 12.0 Å². The van der Waals surface area contributed by atoms with Gasteiger partial charge in [-0.05, 0) is 38.1 Å². The van der Waals surface area contributed by atoms with E-state index in [1.54, 1.807) is 0 Å². The number of aryl methyl sites for hydroxylation is 2.